The van der Waals surface area contributed by atoms with Gasteiger partial charge in [0, 0.05) is 0 Å². The molecule has 0 atom stereocenters. The molecule has 0 radical (unpaired) electrons. The zero-order chi connectivity index (χ0) is 7.56. The van der Waals surface area contributed by atoms with Crippen molar-refractivity contribution in [2.24, 2.45) is 0 Å². The number of nitrogens with zero attached hydrogens (tertiary/aromatic N) is 2. The molecule has 0 amide bonds. The minimum atomic E-state index is -2.58. The van der Waals surface area contributed by atoms with Gasteiger partial charge in [0.05, 0.1) is 0 Å². The van der Waals surface area contributed by atoms with Crippen molar-refractivity contribution in [2.75, 3.05) is 5.73 Å². The fourth-order valence-corrected chi connectivity index (χ4v) is 0.469. The monoisotopic (exact) mass is 145 g/mol. The molecule has 3 nitrogen and oxygen atoms in total. The SMILES string of the molecule is Nc1ccc(C(F)F)nn1. The van der Waals surface area contributed by atoms with Crippen LogP contribution in [-0.4, -0.2) is 10.2 Å². The number of hydrogen-bond donors (Lipinski definition) is 1. The van der Waals surface area contributed by atoms with Gasteiger partial charge in [-0.05, 0) is 12.1 Å². The van der Waals surface area contributed by atoms with E-state index in [1.165, 1.54) is 6.07 Å². The van der Waals surface area contributed by atoms with Crippen molar-refractivity contribution in [3.63, 3.8) is 0 Å². The summed E-state index contributed by atoms with van der Waals surface area (Å²) >= 11 is 0. The van der Waals surface area contributed by atoms with Crippen LogP contribution in [-0.2, 0) is 0 Å². The lowest BCUT2D eigenvalue weighted by atomic mass is 10.4. The Balaban J connectivity index is 2.89. The second-order valence-electron chi connectivity index (χ2n) is 1.68. The van der Waals surface area contributed by atoms with E-state index in [1.807, 2.05) is 0 Å². The molecule has 5 heteroatoms. The minimum Gasteiger partial charge on any atom is -0.382 e. The van der Waals surface area contributed by atoms with Crippen LogP contribution >= 0.6 is 0 Å². The molecule has 0 bridgehead atoms. The van der Waals surface area contributed by atoms with Crippen molar-refractivity contribution in [2.45, 2.75) is 6.43 Å². The molecule has 0 aliphatic carbocycles. The Bertz CT molecular complexity index is 209. The lowest BCUT2D eigenvalue weighted by molar-refractivity contribution is 0.145. The lowest BCUT2D eigenvalue weighted by Gasteiger charge is -1.95. The maximum Gasteiger partial charge on any atom is 0.282 e. The van der Waals surface area contributed by atoms with E-state index in [4.69, 9.17) is 5.73 Å². The van der Waals surface area contributed by atoms with Crippen LogP contribution in [0.5, 0.6) is 0 Å². The van der Waals surface area contributed by atoms with Gasteiger partial charge < -0.3 is 5.73 Å². The number of halogens is 2. The molecule has 2 N–H and O–H groups in total. The van der Waals surface area contributed by atoms with E-state index in [-0.39, 0.29) is 11.5 Å². The number of nitrogens with two attached hydrogens (primary N) is 1. The summed E-state index contributed by atoms with van der Waals surface area (Å²) in [5.41, 5.74) is 4.76. The second-order valence-corrected chi connectivity index (χ2v) is 1.68. The highest BCUT2D eigenvalue weighted by Crippen LogP contribution is 2.14. The number of anilines is 1. The number of hydrogen-bond acceptors (Lipinski definition) is 3. The van der Waals surface area contributed by atoms with Gasteiger partial charge in [0.15, 0.2) is 0 Å². The predicted molar refractivity (Wildman–Crippen MR) is 31.4 cm³/mol. The number of nitrogen functional groups attached to an aromatic ring is 1. The average molecular weight is 145 g/mol. The summed E-state index contributed by atoms with van der Waals surface area (Å²) in [5, 5.41) is 6.40. The van der Waals surface area contributed by atoms with E-state index in [9.17, 15) is 8.78 Å². The summed E-state index contributed by atoms with van der Waals surface area (Å²) in [6.45, 7) is 0. The molecule has 0 aliphatic rings. The molecule has 54 valence electrons. The fraction of sp³-hybridized carbons (Fsp3) is 0.200. The zero-order valence-electron chi connectivity index (χ0n) is 4.96. The van der Waals surface area contributed by atoms with Gasteiger partial charge >= 0.3 is 0 Å². The maximum atomic E-state index is 11.8. The van der Waals surface area contributed by atoms with Crippen LogP contribution in [0, 0.1) is 0 Å². The highest BCUT2D eigenvalue weighted by Gasteiger charge is 2.07. The molecule has 0 fully saturated rings. The smallest absolute Gasteiger partial charge is 0.282 e. The molecule has 0 aliphatic heterocycles. The Kier molecular flexibility index (Phi) is 1.75. The zero-order valence-corrected chi connectivity index (χ0v) is 4.96. The molecule has 0 aromatic carbocycles. The standard InChI is InChI=1S/C5H5F2N3/c6-5(7)3-1-2-4(8)10-9-3/h1-2,5H,(H2,8,10). The van der Waals surface area contributed by atoms with Gasteiger partial charge in [0.2, 0.25) is 0 Å². The Morgan fingerprint density at radius 1 is 1.30 bits per heavy atom. The molecule has 1 aromatic rings. The topological polar surface area (TPSA) is 51.8 Å². The van der Waals surface area contributed by atoms with E-state index in [0.29, 0.717) is 0 Å². The second kappa shape index (κ2) is 2.55. The van der Waals surface area contributed by atoms with Crippen LogP contribution in [0.25, 0.3) is 0 Å². The number of aromatic nitrogens is 2. The van der Waals surface area contributed by atoms with Gasteiger partial charge in [0.1, 0.15) is 11.5 Å². The first kappa shape index (κ1) is 6.85. The first-order valence-electron chi connectivity index (χ1n) is 2.57. The van der Waals surface area contributed by atoms with Crippen LogP contribution < -0.4 is 5.73 Å². The quantitative estimate of drug-likeness (QED) is 0.641. The summed E-state index contributed by atoms with van der Waals surface area (Å²) < 4.78 is 23.5. The van der Waals surface area contributed by atoms with Crippen molar-refractivity contribution >= 4 is 5.82 Å². The van der Waals surface area contributed by atoms with Crippen molar-refractivity contribution in [3.8, 4) is 0 Å². The van der Waals surface area contributed by atoms with Crippen molar-refractivity contribution < 1.29 is 8.78 Å². The Morgan fingerprint density at radius 2 is 2.00 bits per heavy atom. The van der Waals surface area contributed by atoms with Gasteiger partial charge in [-0.15, -0.1) is 10.2 Å². The number of rotatable bonds is 1. The third-order valence-corrected chi connectivity index (χ3v) is 0.929. The molecule has 0 unspecified atom stereocenters. The van der Waals surface area contributed by atoms with Crippen LogP contribution in [0.15, 0.2) is 12.1 Å². The van der Waals surface area contributed by atoms with Crippen molar-refractivity contribution in [1.29, 1.82) is 0 Å². The molecule has 10 heavy (non-hydrogen) atoms. The normalized spacial score (nSPS) is 10.3. The lowest BCUT2D eigenvalue weighted by Crippen LogP contribution is -1.96. The first-order chi connectivity index (χ1) is 4.70. The predicted octanol–water partition coefficient (Wildman–Crippen LogP) is 0.996. The third-order valence-electron chi connectivity index (χ3n) is 0.929. The van der Waals surface area contributed by atoms with Crippen LogP contribution in [0.4, 0.5) is 14.6 Å². The van der Waals surface area contributed by atoms with Crippen LogP contribution in [0.1, 0.15) is 12.1 Å². The highest BCUT2D eigenvalue weighted by molar-refractivity contribution is 5.25. The van der Waals surface area contributed by atoms with E-state index in [0.717, 1.165) is 6.07 Å². The Morgan fingerprint density at radius 3 is 2.40 bits per heavy atom. The molecular formula is C5H5F2N3. The van der Waals surface area contributed by atoms with Gasteiger partial charge in [-0.2, -0.15) is 0 Å². The van der Waals surface area contributed by atoms with Crippen molar-refractivity contribution in [3.05, 3.63) is 17.8 Å². The summed E-state index contributed by atoms with van der Waals surface area (Å²) in [4.78, 5) is 0. The molecule has 0 saturated heterocycles. The molecular weight excluding hydrogens is 140 g/mol. The summed E-state index contributed by atoms with van der Waals surface area (Å²) in [7, 11) is 0. The fourth-order valence-electron chi connectivity index (χ4n) is 0.469. The number of alkyl halides is 2. The van der Waals surface area contributed by atoms with Crippen LogP contribution in [0.3, 0.4) is 0 Å². The van der Waals surface area contributed by atoms with Gasteiger partial charge in [0.25, 0.3) is 6.43 Å². The Labute approximate surface area is 55.9 Å². The Hall–Kier alpha value is -1.26. The molecule has 1 rings (SSSR count). The van der Waals surface area contributed by atoms with E-state index in [2.05, 4.69) is 10.2 Å². The van der Waals surface area contributed by atoms with Gasteiger partial charge in [-0.1, -0.05) is 0 Å². The van der Waals surface area contributed by atoms with Crippen molar-refractivity contribution in [1.82, 2.24) is 10.2 Å². The minimum absolute atomic E-state index is 0.143. The molecule has 1 heterocycles. The maximum absolute atomic E-state index is 11.8. The summed E-state index contributed by atoms with van der Waals surface area (Å²) in [6, 6.07) is 2.43. The van der Waals surface area contributed by atoms with Crippen LogP contribution in [0.2, 0.25) is 0 Å². The third kappa shape index (κ3) is 1.37. The van der Waals surface area contributed by atoms with Gasteiger partial charge in [-0.3, -0.25) is 0 Å². The molecule has 1 aromatic heterocycles. The largest absolute Gasteiger partial charge is 0.382 e. The average Bonchev–Trinajstić information content (AvgIpc) is 1.88. The first-order valence-corrected chi connectivity index (χ1v) is 2.57. The van der Waals surface area contributed by atoms with E-state index in [1.54, 1.807) is 0 Å². The van der Waals surface area contributed by atoms with E-state index >= 15 is 0 Å². The van der Waals surface area contributed by atoms with Gasteiger partial charge in [-0.25, -0.2) is 8.78 Å². The summed E-state index contributed by atoms with van der Waals surface area (Å²) in [6.07, 6.45) is -2.58. The summed E-state index contributed by atoms with van der Waals surface area (Å²) in [5.74, 6) is 0.143. The molecule has 0 saturated carbocycles. The highest BCUT2D eigenvalue weighted by atomic mass is 19.3. The molecule has 0 spiro atoms. The van der Waals surface area contributed by atoms with E-state index < -0.39 is 6.43 Å².